The van der Waals surface area contributed by atoms with Crippen molar-refractivity contribution in [3.05, 3.63) is 29.8 Å². The van der Waals surface area contributed by atoms with Gasteiger partial charge in [0.2, 0.25) is 5.91 Å². The van der Waals surface area contributed by atoms with Gasteiger partial charge in [-0.2, -0.15) is 17.0 Å². The van der Waals surface area contributed by atoms with Crippen molar-refractivity contribution < 1.29 is 4.79 Å². The molecule has 4 heteroatoms. The summed E-state index contributed by atoms with van der Waals surface area (Å²) in [5.41, 5.74) is 1.38. The molecule has 0 bridgehead atoms. The molecule has 1 fully saturated rings. The summed E-state index contributed by atoms with van der Waals surface area (Å²) < 4.78 is 0. The van der Waals surface area contributed by atoms with E-state index in [1.165, 1.54) is 0 Å². The number of carbonyl (C=O) groups is 1. The van der Waals surface area contributed by atoms with Gasteiger partial charge in [-0.1, -0.05) is 0 Å². The van der Waals surface area contributed by atoms with Crippen LogP contribution in [0, 0.1) is 17.2 Å². The van der Waals surface area contributed by atoms with Gasteiger partial charge in [0.05, 0.1) is 11.6 Å². The molecule has 1 aromatic carbocycles. The zero-order valence-corrected chi connectivity index (χ0v) is 10.3. The van der Waals surface area contributed by atoms with Crippen LogP contribution < -0.4 is 5.32 Å². The van der Waals surface area contributed by atoms with E-state index in [1.807, 2.05) is 11.8 Å². The maximum Gasteiger partial charge on any atom is 0.227 e. The zero-order valence-electron chi connectivity index (χ0n) is 9.48. The lowest BCUT2D eigenvalue weighted by molar-refractivity contribution is -0.120. The minimum atomic E-state index is 0.106. The summed E-state index contributed by atoms with van der Waals surface area (Å²) in [6, 6.07) is 9.03. The van der Waals surface area contributed by atoms with Crippen molar-refractivity contribution in [1.29, 1.82) is 5.26 Å². The van der Waals surface area contributed by atoms with Gasteiger partial charge in [0, 0.05) is 11.6 Å². The average Bonchev–Trinajstić information content (AvgIpc) is 2.40. The van der Waals surface area contributed by atoms with E-state index in [0.717, 1.165) is 30.0 Å². The summed E-state index contributed by atoms with van der Waals surface area (Å²) in [6.45, 7) is 0. The van der Waals surface area contributed by atoms with E-state index in [0.29, 0.717) is 5.56 Å². The molecule has 0 unspecified atom stereocenters. The molecule has 1 N–H and O–H groups in total. The highest BCUT2D eigenvalue weighted by Crippen LogP contribution is 2.24. The third kappa shape index (κ3) is 3.24. The lowest BCUT2D eigenvalue weighted by Crippen LogP contribution is -2.26. The third-order valence-corrected chi connectivity index (χ3v) is 3.92. The number of nitrogens with one attached hydrogen (secondary N) is 1. The second-order valence-corrected chi connectivity index (χ2v) is 5.29. The number of hydrogen-bond donors (Lipinski definition) is 1. The molecule has 0 saturated carbocycles. The van der Waals surface area contributed by atoms with E-state index >= 15 is 0 Å². The number of benzene rings is 1. The number of amides is 1. The normalized spacial score (nSPS) is 16.2. The molecule has 17 heavy (non-hydrogen) atoms. The largest absolute Gasteiger partial charge is 0.326 e. The number of thioether (sulfide) groups is 1. The number of nitriles is 1. The van der Waals surface area contributed by atoms with Gasteiger partial charge in [0.1, 0.15) is 0 Å². The first-order chi connectivity index (χ1) is 8.29. The fourth-order valence-electron chi connectivity index (χ4n) is 1.83. The standard InChI is InChI=1S/C13H14N2OS/c14-9-10-1-3-12(4-2-10)15-13(16)11-5-7-17-8-6-11/h1-4,11H,5-8H2,(H,15,16). The van der Waals surface area contributed by atoms with E-state index in [4.69, 9.17) is 5.26 Å². The van der Waals surface area contributed by atoms with Crippen molar-refractivity contribution in [1.82, 2.24) is 0 Å². The molecule has 1 aliphatic heterocycles. The van der Waals surface area contributed by atoms with E-state index in [9.17, 15) is 4.79 Å². The van der Waals surface area contributed by atoms with Crippen LogP contribution in [0.1, 0.15) is 18.4 Å². The van der Waals surface area contributed by atoms with Crippen LogP contribution in [-0.2, 0) is 4.79 Å². The van der Waals surface area contributed by atoms with Gasteiger partial charge in [-0.15, -0.1) is 0 Å². The van der Waals surface area contributed by atoms with Crippen molar-refractivity contribution in [2.24, 2.45) is 5.92 Å². The number of hydrogen-bond acceptors (Lipinski definition) is 3. The minimum Gasteiger partial charge on any atom is -0.326 e. The molecule has 1 saturated heterocycles. The zero-order chi connectivity index (χ0) is 12.1. The van der Waals surface area contributed by atoms with Crippen molar-refractivity contribution in [3.8, 4) is 6.07 Å². The first-order valence-electron chi connectivity index (χ1n) is 5.68. The predicted molar refractivity (Wildman–Crippen MR) is 69.8 cm³/mol. The van der Waals surface area contributed by atoms with Crippen LogP contribution in [0.25, 0.3) is 0 Å². The molecule has 0 aliphatic carbocycles. The van der Waals surface area contributed by atoms with Gasteiger partial charge in [-0.3, -0.25) is 4.79 Å². The molecule has 88 valence electrons. The van der Waals surface area contributed by atoms with Crippen molar-refractivity contribution in [3.63, 3.8) is 0 Å². The summed E-state index contributed by atoms with van der Waals surface area (Å²) in [7, 11) is 0. The Bertz CT molecular complexity index is 430. The molecule has 1 amide bonds. The van der Waals surface area contributed by atoms with Crippen LogP contribution in [0.5, 0.6) is 0 Å². The summed E-state index contributed by atoms with van der Waals surface area (Å²) >= 11 is 1.91. The second-order valence-electron chi connectivity index (χ2n) is 4.07. The smallest absolute Gasteiger partial charge is 0.227 e. The molecule has 0 atom stereocenters. The van der Waals surface area contributed by atoms with Gasteiger partial charge in [0.25, 0.3) is 0 Å². The van der Waals surface area contributed by atoms with E-state index in [1.54, 1.807) is 24.3 Å². The molecule has 1 aliphatic rings. The Morgan fingerprint density at radius 1 is 1.29 bits per heavy atom. The maximum atomic E-state index is 11.9. The van der Waals surface area contributed by atoms with E-state index < -0.39 is 0 Å². The molecule has 0 aromatic heterocycles. The van der Waals surface area contributed by atoms with Crippen LogP contribution >= 0.6 is 11.8 Å². The molecule has 1 aromatic rings. The van der Waals surface area contributed by atoms with Crippen LogP contribution in [-0.4, -0.2) is 17.4 Å². The Labute approximate surface area is 105 Å². The molecule has 0 spiro atoms. The Balaban J connectivity index is 1.95. The lowest BCUT2D eigenvalue weighted by Gasteiger charge is -2.20. The summed E-state index contributed by atoms with van der Waals surface area (Å²) in [5.74, 6) is 2.40. The predicted octanol–water partition coefficient (Wildman–Crippen LogP) is 2.64. The number of nitrogens with zero attached hydrogens (tertiary/aromatic N) is 1. The Hall–Kier alpha value is -1.47. The van der Waals surface area contributed by atoms with Gasteiger partial charge >= 0.3 is 0 Å². The number of rotatable bonds is 2. The van der Waals surface area contributed by atoms with Gasteiger partial charge < -0.3 is 5.32 Å². The van der Waals surface area contributed by atoms with Crippen LogP contribution in [0.2, 0.25) is 0 Å². The number of anilines is 1. The Morgan fingerprint density at radius 2 is 1.94 bits per heavy atom. The number of carbonyl (C=O) groups excluding carboxylic acids is 1. The van der Waals surface area contributed by atoms with E-state index in [2.05, 4.69) is 11.4 Å². The second kappa shape index (κ2) is 5.74. The molecular formula is C13H14N2OS. The third-order valence-electron chi connectivity index (χ3n) is 2.87. The topological polar surface area (TPSA) is 52.9 Å². The highest BCUT2D eigenvalue weighted by molar-refractivity contribution is 7.99. The maximum absolute atomic E-state index is 11.9. The Kier molecular flexibility index (Phi) is 4.05. The quantitative estimate of drug-likeness (QED) is 0.872. The van der Waals surface area contributed by atoms with Gasteiger partial charge in [0.15, 0.2) is 0 Å². The highest BCUT2D eigenvalue weighted by Gasteiger charge is 2.21. The fourth-order valence-corrected chi connectivity index (χ4v) is 2.94. The SMILES string of the molecule is N#Cc1ccc(NC(=O)C2CCSCC2)cc1. The minimum absolute atomic E-state index is 0.106. The highest BCUT2D eigenvalue weighted by atomic mass is 32.2. The molecule has 1 heterocycles. The lowest BCUT2D eigenvalue weighted by atomic mass is 10.0. The molecule has 2 rings (SSSR count). The van der Waals surface area contributed by atoms with Gasteiger partial charge in [-0.25, -0.2) is 0 Å². The van der Waals surface area contributed by atoms with Crippen LogP contribution in [0.15, 0.2) is 24.3 Å². The molecule has 0 radical (unpaired) electrons. The van der Waals surface area contributed by atoms with Crippen molar-refractivity contribution >= 4 is 23.4 Å². The van der Waals surface area contributed by atoms with E-state index in [-0.39, 0.29) is 11.8 Å². The van der Waals surface area contributed by atoms with Crippen LogP contribution in [0.4, 0.5) is 5.69 Å². The van der Waals surface area contributed by atoms with Crippen molar-refractivity contribution in [2.75, 3.05) is 16.8 Å². The summed E-state index contributed by atoms with van der Waals surface area (Å²) in [5, 5.41) is 11.6. The Morgan fingerprint density at radius 3 is 2.53 bits per heavy atom. The average molecular weight is 246 g/mol. The molecule has 3 nitrogen and oxygen atoms in total. The summed E-state index contributed by atoms with van der Waals surface area (Å²) in [6.07, 6.45) is 1.93. The summed E-state index contributed by atoms with van der Waals surface area (Å²) in [4.78, 5) is 11.9. The van der Waals surface area contributed by atoms with Crippen LogP contribution in [0.3, 0.4) is 0 Å². The van der Waals surface area contributed by atoms with Gasteiger partial charge in [-0.05, 0) is 48.6 Å². The monoisotopic (exact) mass is 246 g/mol. The van der Waals surface area contributed by atoms with Crippen molar-refractivity contribution in [2.45, 2.75) is 12.8 Å². The molecular weight excluding hydrogens is 232 g/mol. The fraction of sp³-hybridized carbons (Fsp3) is 0.385. The first-order valence-corrected chi connectivity index (χ1v) is 6.84. The first kappa shape index (κ1) is 12.0.